The van der Waals surface area contributed by atoms with Crippen molar-refractivity contribution in [1.29, 1.82) is 0 Å². The average molecular weight is 448 g/mol. The zero-order chi connectivity index (χ0) is 22.6. The van der Waals surface area contributed by atoms with Crippen LogP contribution < -0.4 is 4.90 Å². The van der Waals surface area contributed by atoms with Crippen molar-refractivity contribution >= 4 is 11.9 Å². The molecule has 0 radical (unpaired) electrons. The van der Waals surface area contributed by atoms with Gasteiger partial charge in [-0.1, -0.05) is 12.1 Å². The van der Waals surface area contributed by atoms with Crippen molar-refractivity contribution in [1.82, 2.24) is 19.8 Å². The number of amides is 1. The van der Waals surface area contributed by atoms with Crippen molar-refractivity contribution in [3.63, 3.8) is 0 Å². The van der Waals surface area contributed by atoms with Crippen LogP contribution in [0.15, 0.2) is 42.7 Å². The first-order valence-corrected chi connectivity index (χ1v) is 11.1. The number of piperidine rings is 1. The summed E-state index contributed by atoms with van der Waals surface area (Å²) in [6.07, 6.45) is 1.60. The normalized spacial score (nSPS) is 19.1. The van der Waals surface area contributed by atoms with E-state index in [0.717, 1.165) is 69.7 Å². The van der Waals surface area contributed by atoms with Crippen molar-refractivity contribution in [2.75, 3.05) is 44.2 Å². The molecular formula is C23H28F3N5O. The number of rotatable bonds is 4. The second-order valence-corrected chi connectivity index (χ2v) is 8.46. The van der Waals surface area contributed by atoms with Gasteiger partial charge in [-0.2, -0.15) is 13.2 Å². The number of carbonyl (C=O) groups excluding carboxylic acids is 1. The number of hydrogen-bond acceptors (Lipinski definition) is 5. The standard InChI is InChI=1S/C23H28F3N5O/c24-23(25,26)20-5-3-18(4-6-20)17-29-11-2-12-30(16-15-29)21(32)19-7-13-31(14-8-19)22-27-9-1-10-28-22/h1,3-6,9-10,19H,2,7-8,11-17H2. The highest BCUT2D eigenvalue weighted by Gasteiger charge is 2.31. The zero-order valence-electron chi connectivity index (χ0n) is 18.0. The minimum absolute atomic E-state index is 0.0245. The Kier molecular flexibility index (Phi) is 6.93. The largest absolute Gasteiger partial charge is 0.416 e. The number of nitrogens with zero attached hydrogens (tertiary/aromatic N) is 5. The molecule has 0 aliphatic carbocycles. The summed E-state index contributed by atoms with van der Waals surface area (Å²) in [7, 11) is 0. The minimum Gasteiger partial charge on any atom is -0.341 e. The maximum absolute atomic E-state index is 13.1. The molecule has 6 nitrogen and oxygen atoms in total. The predicted octanol–water partition coefficient (Wildman–Crippen LogP) is 3.45. The third kappa shape index (κ3) is 5.56. The zero-order valence-corrected chi connectivity index (χ0v) is 18.0. The van der Waals surface area contributed by atoms with Crippen LogP contribution in [0.3, 0.4) is 0 Å². The molecule has 0 atom stereocenters. The molecule has 0 saturated carbocycles. The molecule has 0 unspecified atom stereocenters. The molecule has 32 heavy (non-hydrogen) atoms. The molecule has 3 heterocycles. The Bertz CT molecular complexity index is 883. The SMILES string of the molecule is O=C(C1CCN(c2ncccn2)CC1)N1CCCN(Cc2ccc(C(F)(F)F)cc2)CC1. The molecule has 2 aliphatic rings. The van der Waals surface area contributed by atoms with Crippen molar-refractivity contribution in [2.45, 2.75) is 32.0 Å². The van der Waals surface area contributed by atoms with Gasteiger partial charge in [-0.15, -0.1) is 0 Å². The lowest BCUT2D eigenvalue weighted by Crippen LogP contribution is -2.44. The first-order chi connectivity index (χ1) is 15.4. The molecule has 0 bridgehead atoms. The van der Waals surface area contributed by atoms with Crippen molar-refractivity contribution < 1.29 is 18.0 Å². The molecule has 2 saturated heterocycles. The van der Waals surface area contributed by atoms with E-state index < -0.39 is 11.7 Å². The van der Waals surface area contributed by atoms with E-state index in [1.54, 1.807) is 30.6 Å². The highest BCUT2D eigenvalue weighted by Crippen LogP contribution is 2.29. The Hall–Kier alpha value is -2.68. The molecular weight excluding hydrogens is 419 g/mol. The Balaban J connectivity index is 1.26. The predicted molar refractivity (Wildman–Crippen MR) is 115 cm³/mol. The van der Waals surface area contributed by atoms with Gasteiger partial charge in [-0.05, 0) is 43.0 Å². The summed E-state index contributed by atoms with van der Waals surface area (Å²) in [5.74, 6) is 0.957. The highest BCUT2D eigenvalue weighted by molar-refractivity contribution is 5.79. The van der Waals surface area contributed by atoms with Crippen LogP contribution in [0.2, 0.25) is 0 Å². The van der Waals surface area contributed by atoms with Crippen LogP contribution in [-0.2, 0) is 17.5 Å². The Morgan fingerprint density at radius 3 is 2.28 bits per heavy atom. The summed E-state index contributed by atoms with van der Waals surface area (Å²) in [5.41, 5.74) is 0.229. The van der Waals surface area contributed by atoms with Gasteiger partial charge in [0.25, 0.3) is 0 Å². The van der Waals surface area contributed by atoms with Crippen molar-refractivity contribution in [3.05, 3.63) is 53.9 Å². The van der Waals surface area contributed by atoms with Gasteiger partial charge in [0.15, 0.2) is 0 Å². The van der Waals surface area contributed by atoms with E-state index >= 15 is 0 Å². The fourth-order valence-electron chi connectivity index (χ4n) is 4.45. The Morgan fingerprint density at radius 2 is 1.62 bits per heavy atom. The van der Waals surface area contributed by atoms with E-state index in [2.05, 4.69) is 19.8 Å². The lowest BCUT2D eigenvalue weighted by Gasteiger charge is -2.34. The minimum atomic E-state index is -4.31. The van der Waals surface area contributed by atoms with Gasteiger partial charge < -0.3 is 9.80 Å². The topological polar surface area (TPSA) is 52.6 Å². The molecule has 2 fully saturated rings. The molecule has 4 rings (SSSR count). The van der Waals surface area contributed by atoms with E-state index in [1.807, 2.05) is 4.90 Å². The fourth-order valence-corrected chi connectivity index (χ4v) is 4.45. The number of anilines is 1. The Labute approximate surface area is 186 Å². The molecule has 2 aromatic rings. The molecule has 1 amide bonds. The summed E-state index contributed by atoms with van der Waals surface area (Å²) in [6, 6.07) is 7.15. The first-order valence-electron chi connectivity index (χ1n) is 11.1. The van der Waals surface area contributed by atoms with Crippen LogP contribution in [0.1, 0.15) is 30.4 Å². The third-order valence-electron chi connectivity index (χ3n) is 6.27. The van der Waals surface area contributed by atoms with E-state index in [1.165, 1.54) is 0 Å². The number of aromatic nitrogens is 2. The average Bonchev–Trinajstić information content (AvgIpc) is 3.05. The van der Waals surface area contributed by atoms with Gasteiger partial charge in [0.05, 0.1) is 5.56 Å². The van der Waals surface area contributed by atoms with Gasteiger partial charge >= 0.3 is 6.18 Å². The monoisotopic (exact) mass is 447 g/mol. The maximum atomic E-state index is 13.1. The molecule has 1 aromatic heterocycles. The Morgan fingerprint density at radius 1 is 0.938 bits per heavy atom. The quantitative estimate of drug-likeness (QED) is 0.719. The van der Waals surface area contributed by atoms with Crippen LogP contribution in [0.4, 0.5) is 19.1 Å². The van der Waals surface area contributed by atoms with Crippen LogP contribution in [-0.4, -0.2) is 64.9 Å². The molecule has 9 heteroatoms. The van der Waals surface area contributed by atoms with Gasteiger partial charge in [0.2, 0.25) is 11.9 Å². The number of hydrogen-bond donors (Lipinski definition) is 0. The van der Waals surface area contributed by atoms with Crippen LogP contribution in [0.25, 0.3) is 0 Å². The first kappa shape index (κ1) is 22.5. The number of carbonyl (C=O) groups is 1. The third-order valence-corrected chi connectivity index (χ3v) is 6.27. The van der Waals surface area contributed by atoms with E-state index in [0.29, 0.717) is 19.0 Å². The van der Waals surface area contributed by atoms with Crippen LogP contribution in [0.5, 0.6) is 0 Å². The van der Waals surface area contributed by atoms with Gasteiger partial charge in [-0.3, -0.25) is 9.69 Å². The molecule has 0 spiro atoms. The van der Waals surface area contributed by atoms with E-state index in [-0.39, 0.29) is 11.8 Å². The van der Waals surface area contributed by atoms with Crippen LogP contribution in [0, 0.1) is 5.92 Å². The lowest BCUT2D eigenvalue weighted by atomic mass is 9.95. The summed E-state index contributed by atoms with van der Waals surface area (Å²) >= 11 is 0. The fraction of sp³-hybridized carbons (Fsp3) is 0.522. The van der Waals surface area contributed by atoms with Gasteiger partial charge in [-0.25, -0.2) is 9.97 Å². The number of alkyl halides is 3. The molecule has 172 valence electrons. The van der Waals surface area contributed by atoms with Crippen molar-refractivity contribution in [2.24, 2.45) is 5.92 Å². The summed E-state index contributed by atoms with van der Waals surface area (Å²) in [4.78, 5) is 28.0. The smallest absolute Gasteiger partial charge is 0.341 e. The van der Waals surface area contributed by atoms with Gasteiger partial charge in [0.1, 0.15) is 0 Å². The lowest BCUT2D eigenvalue weighted by molar-refractivity contribution is -0.137. The van der Waals surface area contributed by atoms with Gasteiger partial charge in [0, 0.05) is 64.1 Å². The molecule has 0 N–H and O–H groups in total. The summed E-state index contributed by atoms with van der Waals surface area (Å²) in [5, 5.41) is 0. The second-order valence-electron chi connectivity index (χ2n) is 8.46. The maximum Gasteiger partial charge on any atom is 0.416 e. The number of benzene rings is 1. The van der Waals surface area contributed by atoms with Crippen molar-refractivity contribution in [3.8, 4) is 0 Å². The van der Waals surface area contributed by atoms with Crippen LogP contribution >= 0.6 is 0 Å². The molecule has 1 aromatic carbocycles. The summed E-state index contributed by atoms with van der Waals surface area (Å²) < 4.78 is 38.3. The second kappa shape index (κ2) is 9.85. The van der Waals surface area contributed by atoms with E-state index in [4.69, 9.17) is 0 Å². The summed E-state index contributed by atoms with van der Waals surface area (Å²) in [6.45, 7) is 5.07. The highest BCUT2D eigenvalue weighted by atomic mass is 19.4. The molecule has 2 aliphatic heterocycles. The van der Waals surface area contributed by atoms with E-state index in [9.17, 15) is 18.0 Å². The number of halogens is 3.